The van der Waals surface area contributed by atoms with Crippen molar-refractivity contribution in [3.05, 3.63) is 12.7 Å². The third-order valence-electron chi connectivity index (χ3n) is 2.79. The third-order valence-corrected chi connectivity index (χ3v) is 2.79. The molecule has 1 aliphatic carbocycles. The molecule has 1 amide bonds. The van der Waals surface area contributed by atoms with Crippen molar-refractivity contribution in [3.8, 4) is 0 Å². The molecule has 1 saturated carbocycles. The Balaban J connectivity index is 2.44. The number of nitrogens with one attached hydrogen (secondary N) is 1. The van der Waals surface area contributed by atoms with Crippen LogP contribution in [0, 0.1) is 5.92 Å². The highest BCUT2D eigenvalue weighted by Crippen LogP contribution is 2.24. The van der Waals surface area contributed by atoms with E-state index in [2.05, 4.69) is 11.9 Å². The predicted octanol–water partition coefficient (Wildman–Crippen LogP) is 2.26. The molecule has 1 fully saturated rings. The van der Waals surface area contributed by atoms with Crippen LogP contribution in [0.25, 0.3) is 0 Å². The molecule has 13 heavy (non-hydrogen) atoms. The van der Waals surface area contributed by atoms with Crippen molar-refractivity contribution in [2.75, 3.05) is 0 Å². The minimum Gasteiger partial charge on any atom is -0.353 e. The topological polar surface area (TPSA) is 29.1 Å². The Morgan fingerprint density at radius 1 is 1.54 bits per heavy atom. The van der Waals surface area contributed by atoms with Gasteiger partial charge in [-0.1, -0.05) is 25.8 Å². The molecule has 0 heterocycles. The van der Waals surface area contributed by atoms with Crippen LogP contribution < -0.4 is 5.32 Å². The molecule has 0 radical (unpaired) electrons. The van der Waals surface area contributed by atoms with Crippen molar-refractivity contribution in [1.29, 1.82) is 0 Å². The molecule has 1 rings (SSSR count). The van der Waals surface area contributed by atoms with Crippen molar-refractivity contribution in [2.45, 2.75) is 45.1 Å². The van der Waals surface area contributed by atoms with Crippen LogP contribution in [0.3, 0.4) is 0 Å². The summed E-state index contributed by atoms with van der Waals surface area (Å²) >= 11 is 0. The van der Waals surface area contributed by atoms with E-state index in [1.165, 1.54) is 19.3 Å². The molecule has 0 spiro atoms. The summed E-state index contributed by atoms with van der Waals surface area (Å²) in [5.74, 6) is 0.656. The van der Waals surface area contributed by atoms with Gasteiger partial charge in [-0.3, -0.25) is 4.79 Å². The van der Waals surface area contributed by atoms with Gasteiger partial charge in [0.05, 0.1) is 0 Å². The maximum atomic E-state index is 11.2. The van der Waals surface area contributed by atoms with Gasteiger partial charge in [0.1, 0.15) is 0 Å². The Hall–Kier alpha value is -0.790. The van der Waals surface area contributed by atoms with Crippen LogP contribution in [0.5, 0.6) is 0 Å². The Morgan fingerprint density at radius 2 is 2.23 bits per heavy atom. The maximum absolute atomic E-state index is 11.2. The molecule has 1 N–H and O–H groups in total. The lowest BCUT2D eigenvalue weighted by molar-refractivity contribution is -0.121. The molecule has 74 valence electrons. The Morgan fingerprint density at radius 3 is 2.85 bits per heavy atom. The average Bonchev–Trinajstić information content (AvgIpc) is 2.18. The van der Waals surface area contributed by atoms with E-state index in [4.69, 9.17) is 0 Å². The monoisotopic (exact) mass is 181 g/mol. The van der Waals surface area contributed by atoms with E-state index in [0.29, 0.717) is 18.4 Å². The number of amides is 1. The van der Waals surface area contributed by atoms with Gasteiger partial charge in [-0.25, -0.2) is 0 Å². The van der Waals surface area contributed by atoms with Gasteiger partial charge in [0.15, 0.2) is 0 Å². The summed E-state index contributed by atoms with van der Waals surface area (Å²) in [5.41, 5.74) is 0. The van der Waals surface area contributed by atoms with Gasteiger partial charge < -0.3 is 5.32 Å². The largest absolute Gasteiger partial charge is 0.353 e. The summed E-state index contributed by atoms with van der Waals surface area (Å²) in [4.78, 5) is 11.2. The molecular weight excluding hydrogens is 162 g/mol. The Labute approximate surface area is 80.4 Å². The van der Waals surface area contributed by atoms with Crippen LogP contribution in [-0.2, 0) is 4.79 Å². The van der Waals surface area contributed by atoms with E-state index >= 15 is 0 Å². The number of hydrogen-bond donors (Lipinski definition) is 1. The number of rotatable bonds is 3. The van der Waals surface area contributed by atoms with Gasteiger partial charge in [-0.15, -0.1) is 6.58 Å². The highest BCUT2D eigenvalue weighted by molar-refractivity contribution is 5.75. The lowest BCUT2D eigenvalue weighted by Gasteiger charge is -2.29. The minimum absolute atomic E-state index is 0.166. The van der Waals surface area contributed by atoms with E-state index in [1.807, 2.05) is 13.0 Å². The van der Waals surface area contributed by atoms with Gasteiger partial charge in [-0.2, -0.15) is 0 Å². The second kappa shape index (κ2) is 5.05. The SMILES string of the molecule is C=CC1CCCCC1NC(=O)CC. The van der Waals surface area contributed by atoms with Gasteiger partial charge >= 0.3 is 0 Å². The highest BCUT2D eigenvalue weighted by Gasteiger charge is 2.23. The molecule has 2 nitrogen and oxygen atoms in total. The molecule has 2 heteroatoms. The molecule has 0 saturated heterocycles. The molecule has 0 aromatic carbocycles. The van der Waals surface area contributed by atoms with Gasteiger partial charge in [0.2, 0.25) is 5.91 Å². The van der Waals surface area contributed by atoms with Crippen molar-refractivity contribution < 1.29 is 4.79 Å². The van der Waals surface area contributed by atoms with Crippen LogP contribution in [0.1, 0.15) is 39.0 Å². The van der Waals surface area contributed by atoms with Gasteiger partial charge in [-0.05, 0) is 18.8 Å². The van der Waals surface area contributed by atoms with E-state index in [9.17, 15) is 4.79 Å². The molecular formula is C11H19NO. The van der Waals surface area contributed by atoms with E-state index < -0.39 is 0 Å². The van der Waals surface area contributed by atoms with Gasteiger partial charge in [0.25, 0.3) is 0 Å². The van der Waals surface area contributed by atoms with E-state index in [0.717, 1.165) is 6.42 Å². The second-order valence-electron chi connectivity index (χ2n) is 3.71. The standard InChI is InChI=1S/C11H19NO/c1-3-9-7-5-6-8-10(9)12-11(13)4-2/h3,9-10H,1,4-8H2,2H3,(H,12,13). The summed E-state index contributed by atoms with van der Waals surface area (Å²) in [6, 6.07) is 0.346. The Kier molecular flexibility index (Phi) is 4.00. The third kappa shape index (κ3) is 2.87. The fourth-order valence-electron chi connectivity index (χ4n) is 1.93. The van der Waals surface area contributed by atoms with Crippen LogP contribution in [-0.4, -0.2) is 11.9 Å². The first-order valence-electron chi connectivity index (χ1n) is 5.19. The molecule has 2 atom stereocenters. The second-order valence-corrected chi connectivity index (χ2v) is 3.71. The fraction of sp³-hybridized carbons (Fsp3) is 0.727. The zero-order valence-corrected chi connectivity index (χ0v) is 8.38. The smallest absolute Gasteiger partial charge is 0.219 e. The first-order chi connectivity index (χ1) is 6.27. The number of carbonyl (C=O) groups is 1. The molecule has 0 bridgehead atoms. The number of carbonyl (C=O) groups excluding carboxylic acids is 1. The van der Waals surface area contributed by atoms with Crippen LogP contribution in [0.2, 0.25) is 0 Å². The van der Waals surface area contributed by atoms with Crippen molar-refractivity contribution in [1.82, 2.24) is 5.32 Å². The predicted molar refractivity (Wildman–Crippen MR) is 54.4 cm³/mol. The molecule has 0 aliphatic heterocycles. The van der Waals surface area contributed by atoms with Crippen LogP contribution in [0.4, 0.5) is 0 Å². The average molecular weight is 181 g/mol. The Bertz CT molecular complexity index is 189. The summed E-state index contributed by atoms with van der Waals surface area (Å²) in [6.07, 6.45) is 7.37. The van der Waals surface area contributed by atoms with Gasteiger partial charge in [0, 0.05) is 12.5 Å². The zero-order valence-electron chi connectivity index (χ0n) is 8.38. The highest BCUT2D eigenvalue weighted by atomic mass is 16.1. The summed E-state index contributed by atoms with van der Waals surface area (Å²) in [5, 5.41) is 3.06. The quantitative estimate of drug-likeness (QED) is 0.665. The first kappa shape index (κ1) is 10.3. The summed E-state index contributed by atoms with van der Waals surface area (Å²) in [6.45, 7) is 5.71. The van der Waals surface area contributed by atoms with E-state index in [-0.39, 0.29) is 5.91 Å². The van der Waals surface area contributed by atoms with Crippen LogP contribution in [0.15, 0.2) is 12.7 Å². The molecule has 0 aromatic heterocycles. The fourth-order valence-corrected chi connectivity index (χ4v) is 1.93. The summed E-state index contributed by atoms with van der Waals surface area (Å²) < 4.78 is 0. The van der Waals surface area contributed by atoms with Crippen molar-refractivity contribution in [2.24, 2.45) is 5.92 Å². The normalized spacial score (nSPS) is 28.1. The van der Waals surface area contributed by atoms with Crippen LogP contribution >= 0.6 is 0 Å². The molecule has 1 aliphatic rings. The lowest BCUT2D eigenvalue weighted by atomic mass is 9.84. The molecule has 2 unspecified atom stereocenters. The van der Waals surface area contributed by atoms with Crippen molar-refractivity contribution in [3.63, 3.8) is 0 Å². The summed E-state index contributed by atoms with van der Waals surface area (Å²) in [7, 11) is 0. The lowest BCUT2D eigenvalue weighted by Crippen LogP contribution is -2.41. The molecule has 0 aromatic rings. The van der Waals surface area contributed by atoms with E-state index in [1.54, 1.807) is 0 Å². The maximum Gasteiger partial charge on any atom is 0.219 e. The first-order valence-corrected chi connectivity index (χ1v) is 5.19. The van der Waals surface area contributed by atoms with Crippen molar-refractivity contribution >= 4 is 5.91 Å². The zero-order chi connectivity index (χ0) is 9.68. The number of hydrogen-bond acceptors (Lipinski definition) is 1. The minimum atomic E-state index is 0.166.